The second-order valence-electron chi connectivity index (χ2n) is 9.73. The lowest BCUT2D eigenvalue weighted by atomic mass is 10.2. The van der Waals surface area contributed by atoms with Gasteiger partial charge in [0.25, 0.3) is 0 Å². The van der Waals surface area contributed by atoms with Gasteiger partial charge in [-0.25, -0.2) is 0 Å². The summed E-state index contributed by atoms with van der Waals surface area (Å²) < 4.78 is 0.835. The highest BCUT2D eigenvalue weighted by Crippen LogP contribution is 2.43. The number of aromatic hydroxyl groups is 2. The molecule has 0 heterocycles. The van der Waals surface area contributed by atoms with Crippen molar-refractivity contribution in [3.05, 3.63) is 10.5 Å². The Morgan fingerprint density at radius 2 is 1.13 bits per heavy atom. The lowest BCUT2D eigenvalue weighted by Crippen LogP contribution is -2.55. The average Bonchev–Trinajstić information content (AvgIpc) is 2.23. The predicted molar refractivity (Wildman–Crippen MR) is 111 cm³/mol. The third-order valence-electron chi connectivity index (χ3n) is 6.23. The molecule has 0 aromatic heterocycles. The van der Waals surface area contributed by atoms with Gasteiger partial charge in [-0.1, -0.05) is 83.7 Å². The minimum Gasteiger partial charge on any atom is -0.508 e. The zero-order valence-corrected chi connectivity index (χ0v) is 19.9. The van der Waals surface area contributed by atoms with Crippen molar-refractivity contribution in [3.63, 3.8) is 0 Å². The van der Waals surface area contributed by atoms with Crippen LogP contribution in [0.3, 0.4) is 0 Å². The van der Waals surface area contributed by atoms with Crippen molar-refractivity contribution >= 4 is 42.5 Å². The van der Waals surface area contributed by atoms with Crippen molar-refractivity contribution in [1.29, 1.82) is 0 Å². The van der Waals surface area contributed by atoms with E-state index in [2.05, 4.69) is 83.7 Å². The van der Waals surface area contributed by atoms with E-state index in [9.17, 15) is 10.2 Å². The van der Waals surface area contributed by atoms with Crippen LogP contribution >= 0.6 is 15.9 Å². The number of benzene rings is 1. The minimum atomic E-state index is -2.06. The Hall–Kier alpha value is -0.266. The van der Waals surface area contributed by atoms with E-state index in [-0.39, 0.29) is 15.8 Å². The first-order chi connectivity index (χ1) is 9.96. The summed E-state index contributed by atoms with van der Waals surface area (Å²) in [5.41, 5.74) is 0. The van der Waals surface area contributed by atoms with Crippen LogP contribution in [0.1, 0.15) is 41.5 Å². The zero-order valence-electron chi connectivity index (χ0n) is 16.3. The Morgan fingerprint density at radius 1 is 0.783 bits per heavy atom. The highest BCUT2D eigenvalue weighted by Gasteiger charge is 2.46. The van der Waals surface area contributed by atoms with Crippen LogP contribution in [-0.2, 0) is 0 Å². The van der Waals surface area contributed by atoms with Gasteiger partial charge in [-0.15, -0.1) is 0 Å². The van der Waals surface area contributed by atoms with E-state index in [1.165, 1.54) is 0 Å². The molecule has 0 aliphatic carbocycles. The molecule has 0 amide bonds. The number of hydrogen-bond donors (Lipinski definition) is 2. The summed E-state index contributed by atoms with van der Waals surface area (Å²) in [4.78, 5) is 0. The maximum absolute atomic E-state index is 11.2. The van der Waals surface area contributed by atoms with E-state index in [4.69, 9.17) is 0 Å². The molecule has 0 atom stereocenters. The molecule has 1 aromatic rings. The summed E-state index contributed by atoms with van der Waals surface area (Å²) in [6.07, 6.45) is 0. The predicted octanol–water partition coefficient (Wildman–Crippen LogP) is 5.29. The highest BCUT2D eigenvalue weighted by atomic mass is 79.9. The summed E-state index contributed by atoms with van der Waals surface area (Å²) in [5.74, 6) is 0.554. The molecule has 5 heteroatoms. The van der Waals surface area contributed by atoms with E-state index in [0.29, 0.717) is 5.75 Å². The number of rotatable bonds is 2. The summed E-state index contributed by atoms with van der Waals surface area (Å²) in [7, 11) is -4.01. The summed E-state index contributed by atoms with van der Waals surface area (Å²) in [6, 6.07) is 1.80. The van der Waals surface area contributed by atoms with E-state index in [0.717, 1.165) is 14.8 Å². The Balaban J connectivity index is 3.85. The van der Waals surface area contributed by atoms with Crippen molar-refractivity contribution < 1.29 is 10.2 Å². The molecule has 0 aliphatic rings. The monoisotopic (exact) mass is 416 g/mol. The van der Waals surface area contributed by atoms with Crippen molar-refractivity contribution in [2.45, 2.75) is 77.8 Å². The molecule has 0 radical (unpaired) electrons. The van der Waals surface area contributed by atoms with Crippen LogP contribution in [0.4, 0.5) is 0 Å². The first-order valence-corrected chi connectivity index (χ1v) is 15.0. The third kappa shape index (κ3) is 3.42. The number of phenols is 2. The highest BCUT2D eigenvalue weighted by molar-refractivity contribution is 9.10. The lowest BCUT2D eigenvalue weighted by Gasteiger charge is -2.42. The Morgan fingerprint density at radius 3 is 1.48 bits per heavy atom. The fraction of sp³-hybridized carbons (Fsp3) is 0.667. The largest absolute Gasteiger partial charge is 0.508 e. The fourth-order valence-corrected chi connectivity index (χ4v) is 8.92. The van der Waals surface area contributed by atoms with Crippen LogP contribution in [0, 0.1) is 0 Å². The van der Waals surface area contributed by atoms with Gasteiger partial charge in [-0.05, 0) is 21.3 Å². The molecule has 1 aromatic carbocycles. The lowest BCUT2D eigenvalue weighted by molar-refractivity contribution is 0.458. The molecule has 0 saturated heterocycles. The normalized spacial score (nSPS) is 14.2. The minimum absolute atomic E-state index is 0.0422. The first-order valence-electron chi connectivity index (χ1n) is 8.21. The van der Waals surface area contributed by atoms with E-state index in [1.807, 2.05) is 0 Å². The molecule has 0 unspecified atom stereocenters. The Kier molecular flexibility index (Phi) is 5.35. The average molecular weight is 418 g/mol. The maximum Gasteiger partial charge on any atom is 0.119 e. The SMILES string of the molecule is CC(C)(C)[Si](C)(C)c1c(O)cc(Br)c([Si](C)(C)C(C)(C)C)c1O. The molecule has 0 fully saturated rings. The summed E-state index contributed by atoms with van der Waals surface area (Å²) in [6.45, 7) is 22.4. The van der Waals surface area contributed by atoms with E-state index >= 15 is 0 Å². The van der Waals surface area contributed by atoms with Crippen molar-refractivity contribution in [1.82, 2.24) is 0 Å². The quantitative estimate of drug-likeness (QED) is 0.642. The molecule has 23 heavy (non-hydrogen) atoms. The van der Waals surface area contributed by atoms with Gasteiger partial charge >= 0.3 is 0 Å². The number of halogens is 1. The van der Waals surface area contributed by atoms with Gasteiger partial charge < -0.3 is 10.2 Å². The Bertz CT molecular complexity index is 559. The van der Waals surface area contributed by atoms with E-state index in [1.54, 1.807) is 6.07 Å². The first kappa shape index (κ1) is 20.8. The van der Waals surface area contributed by atoms with Crippen molar-refractivity contribution in [3.8, 4) is 11.5 Å². The maximum atomic E-state index is 11.2. The molecular formula is C18H33BrO2Si2. The molecular weight excluding hydrogens is 384 g/mol. The van der Waals surface area contributed by atoms with Crippen molar-refractivity contribution in [2.24, 2.45) is 0 Å². The third-order valence-corrected chi connectivity index (χ3v) is 18.2. The van der Waals surface area contributed by atoms with Gasteiger partial charge in [-0.3, -0.25) is 0 Å². The standard InChI is InChI=1S/C18H33BrO2Si2/c1-17(2,3)22(7,8)15-12(19)11-13(20)16(14(15)21)23(9,10)18(4,5)6/h11,20-21H,1-10H3. The fourth-order valence-electron chi connectivity index (χ4n) is 2.58. The molecule has 0 aliphatic heterocycles. The van der Waals surface area contributed by atoms with Crippen molar-refractivity contribution in [2.75, 3.05) is 0 Å². The van der Waals surface area contributed by atoms with Gasteiger partial charge in [0.2, 0.25) is 0 Å². The summed E-state index contributed by atoms with van der Waals surface area (Å²) in [5, 5.41) is 23.8. The molecule has 132 valence electrons. The molecule has 2 N–H and O–H groups in total. The van der Waals surface area contributed by atoms with Crippen LogP contribution < -0.4 is 10.4 Å². The van der Waals surface area contributed by atoms with Crippen LogP contribution in [0.15, 0.2) is 10.5 Å². The Labute approximate surface area is 152 Å². The topological polar surface area (TPSA) is 40.5 Å². The van der Waals surface area contributed by atoms with Gasteiger partial charge in [0.1, 0.15) is 11.5 Å². The molecule has 2 nitrogen and oxygen atoms in total. The number of hydrogen-bond acceptors (Lipinski definition) is 2. The molecule has 0 spiro atoms. The smallest absolute Gasteiger partial charge is 0.119 e. The summed E-state index contributed by atoms with van der Waals surface area (Å²) >= 11 is 3.61. The van der Waals surface area contributed by atoms with E-state index < -0.39 is 16.1 Å². The molecule has 0 bridgehead atoms. The van der Waals surface area contributed by atoms with Gasteiger partial charge in [0.05, 0.1) is 16.1 Å². The van der Waals surface area contributed by atoms with Gasteiger partial charge in [0, 0.05) is 9.66 Å². The molecule has 1 rings (SSSR count). The van der Waals surface area contributed by atoms with Crippen LogP contribution in [0.5, 0.6) is 11.5 Å². The van der Waals surface area contributed by atoms with Crippen LogP contribution in [0.25, 0.3) is 0 Å². The van der Waals surface area contributed by atoms with Gasteiger partial charge in [0.15, 0.2) is 0 Å². The van der Waals surface area contributed by atoms with Crippen LogP contribution in [-0.4, -0.2) is 26.4 Å². The van der Waals surface area contributed by atoms with Gasteiger partial charge in [-0.2, -0.15) is 0 Å². The van der Waals surface area contributed by atoms with Crippen LogP contribution in [0.2, 0.25) is 36.3 Å². The number of phenolic OH excluding ortho intramolecular Hbond substituents is 2. The molecule has 0 saturated carbocycles. The second kappa shape index (κ2) is 5.92. The zero-order chi connectivity index (χ0) is 18.6. The second-order valence-corrected chi connectivity index (χ2v) is 21.1.